The first-order valence-corrected chi connectivity index (χ1v) is 11.2. The number of rotatable bonds is 7. The Morgan fingerprint density at radius 1 is 1.43 bits per heavy atom. The van der Waals surface area contributed by atoms with Gasteiger partial charge in [-0.25, -0.2) is 0 Å². The molecule has 0 spiro atoms. The Labute approximate surface area is 131 Å². The van der Waals surface area contributed by atoms with Crippen molar-refractivity contribution < 1.29 is 14.3 Å². The molecule has 1 aliphatic heterocycles. The zero-order chi connectivity index (χ0) is 16.1. The van der Waals surface area contributed by atoms with Gasteiger partial charge in [-0.2, -0.15) is 0 Å². The molecule has 0 aromatic carbocycles. The summed E-state index contributed by atoms with van der Waals surface area (Å²) in [4.78, 5) is 0. The van der Waals surface area contributed by atoms with Crippen LogP contribution in [0.3, 0.4) is 0 Å². The Morgan fingerprint density at radius 2 is 2.10 bits per heavy atom. The van der Waals surface area contributed by atoms with Crippen LogP contribution in [-0.4, -0.2) is 38.3 Å². The molecule has 0 aromatic rings. The molecule has 4 heteroatoms. The molecule has 1 fully saturated rings. The minimum Gasteiger partial charge on any atom is -0.411 e. The Balaban J connectivity index is 2.59. The molecule has 1 aliphatic rings. The molecular formula is C17H34O3Si. The van der Waals surface area contributed by atoms with Gasteiger partial charge in [-0.3, -0.25) is 0 Å². The fourth-order valence-corrected chi connectivity index (χ4v) is 3.82. The van der Waals surface area contributed by atoms with Gasteiger partial charge in [-0.05, 0) is 50.2 Å². The lowest BCUT2D eigenvalue weighted by atomic mass is 9.99. The first-order chi connectivity index (χ1) is 9.67. The van der Waals surface area contributed by atoms with Crippen LogP contribution in [0.15, 0.2) is 12.7 Å². The monoisotopic (exact) mass is 314 g/mol. The molecule has 3 nitrogen and oxygen atoms in total. The Hall–Kier alpha value is -0.163. The first kappa shape index (κ1) is 18.9. The fraction of sp³-hybridized carbons (Fsp3) is 0.882. The second-order valence-corrected chi connectivity index (χ2v) is 12.5. The zero-order valence-corrected chi connectivity index (χ0v) is 15.5. The van der Waals surface area contributed by atoms with Crippen molar-refractivity contribution >= 4 is 8.32 Å². The molecule has 0 unspecified atom stereocenters. The summed E-state index contributed by atoms with van der Waals surface area (Å²) >= 11 is 0. The standard InChI is InChI=1S/C17H34O3Si/c1-7-9-14(18)11-12-15-16(10-8-13-19-15)20-21(5,6)17(2,3)4/h7,14-16,18H,1,8-13H2,2-6H3/t14-,15+,16-/m0/s1. The number of ether oxygens (including phenoxy) is 1. The largest absolute Gasteiger partial charge is 0.411 e. The first-order valence-electron chi connectivity index (χ1n) is 8.26. The quantitative estimate of drug-likeness (QED) is 0.563. The second kappa shape index (κ2) is 7.91. The number of hydrogen-bond acceptors (Lipinski definition) is 3. The Bertz CT molecular complexity index is 322. The molecular weight excluding hydrogens is 280 g/mol. The molecule has 21 heavy (non-hydrogen) atoms. The van der Waals surface area contributed by atoms with Crippen LogP contribution < -0.4 is 0 Å². The summed E-state index contributed by atoms with van der Waals surface area (Å²) in [5, 5.41) is 10.1. The molecule has 0 bridgehead atoms. The van der Waals surface area contributed by atoms with Gasteiger partial charge in [-0.15, -0.1) is 6.58 Å². The summed E-state index contributed by atoms with van der Waals surface area (Å²) < 4.78 is 12.5. The van der Waals surface area contributed by atoms with Crippen molar-refractivity contribution in [1.82, 2.24) is 0 Å². The number of hydrogen-bond donors (Lipinski definition) is 1. The zero-order valence-electron chi connectivity index (χ0n) is 14.5. The molecule has 1 heterocycles. The average molecular weight is 315 g/mol. The Morgan fingerprint density at radius 3 is 2.67 bits per heavy atom. The smallest absolute Gasteiger partial charge is 0.192 e. The minimum atomic E-state index is -1.76. The van der Waals surface area contributed by atoms with Crippen LogP contribution in [0.4, 0.5) is 0 Å². The van der Waals surface area contributed by atoms with Crippen LogP contribution in [0.25, 0.3) is 0 Å². The molecule has 3 atom stereocenters. The van der Waals surface area contributed by atoms with Crippen LogP contribution in [0.2, 0.25) is 18.1 Å². The summed E-state index contributed by atoms with van der Waals surface area (Å²) in [5.74, 6) is 0. The second-order valence-electron chi connectivity index (χ2n) is 7.72. The van der Waals surface area contributed by atoms with Crippen molar-refractivity contribution in [2.24, 2.45) is 0 Å². The van der Waals surface area contributed by atoms with Gasteiger partial charge in [0.25, 0.3) is 0 Å². The van der Waals surface area contributed by atoms with E-state index in [9.17, 15) is 5.11 Å². The minimum absolute atomic E-state index is 0.132. The molecule has 1 rings (SSSR count). The van der Waals surface area contributed by atoms with Gasteiger partial charge < -0.3 is 14.3 Å². The summed E-state index contributed by atoms with van der Waals surface area (Å²) in [6.07, 6.45) is 6.22. The molecule has 124 valence electrons. The van der Waals surface area contributed by atoms with E-state index in [0.29, 0.717) is 6.42 Å². The van der Waals surface area contributed by atoms with Crippen LogP contribution in [0.5, 0.6) is 0 Å². The van der Waals surface area contributed by atoms with Gasteiger partial charge in [0.15, 0.2) is 8.32 Å². The molecule has 0 saturated carbocycles. The molecule has 0 radical (unpaired) electrons. The number of aliphatic hydroxyl groups is 1. The van der Waals surface area contributed by atoms with E-state index in [4.69, 9.17) is 9.16 Å². The highest BCUT2D eigenvalue weighted by Gasteiger charge is 2.41. The van der Waals surface area contributed by atoms with E-state index in [1.807, 2.05) is 0 Å². The highest BCUT2D eigenvalue weighted by Crippen LogP contribution is 2.39. The topological polar surface area (TPSA) is 38.7 Å². The normalized spacial score (nSPS) is 25.6. The molecule has 0 aliphatic carbocycles. The maximum absolute atomic E-state index is 9.87. The summed E-state index contributed by atoms with van der Waals surface area (Å²) in [7, 11) is -1.76. The van der Waals surface area contributed by atoms with Crippen molar-refractivity contribution in [3.8, 4) is 0 Å². The third kappa shape index (κ3) is 5.85. The van der Waals surface area contributed by atoms with Crippen LogP contribution in [-0.2, 0) is 9.16 Å². The van der Waals surface area contributed by atoms with Crippen molar-refractivity contribution in [3.63, 3.8) is 0 Å². The lowest BCUT2D eigenvalue weighted by Crippen LogP contribution is -2.49. The van der Waals surface area contributed by atoms with Crippen molar-refractivity contribution in [2.75, 3.05) is 6.61 Å². The van der Waals surface area contributed by atoms with E-state index in [2.05, 4.69) is 40.4 Å². The van der Waals surface area contributed by atoms with Crippen LogP contribution >= 0.6 is 0 Å². The van der Waals surface area contributed by atoms with Crippen LogP contribution in [0.1, 0.15) is 52.9 Å². The predicted molar refractivity (Wildman–Crippen MR) is 91.1 cm³/mol. The van der Waals surface area contributed by atoms with Gasteiger partial charge in [0.1, 0.15) is 0 Å². The van der Waals surface area contributed by atoms with Crippen molar-refractivity contribution in [3.05, 3.63) is 12.7 Å². The van der Waals surface area contributed by atoms with Gasteiger partial charge >= 0.3 is 0 Å². The SMILES string of the molecule is C=CC[C@H](O)CC[C@H]1OCCC[C@@H]1O[Si](C)(C)C(C)(C)C. The lowest BCUT2D eigenvalue weighted by molar-refractivity contribution is -0.0749. The van der Waals surface area contributed by atoms with E-state index in [1.54, 1.807) is 6.08 Å². The third-order valence-corrected chi connectivity index (χ3v) is 9.36. The predicted octanol–water partition coefficient (Wildman–Crippen LogP) is 4.27. The molecule has 1 saturated heterocycles. The summed E-state index contributed by atoms with van der Waals surface area (Å²) in [6, 6.07) is 0. The highest BCUT2D eigenvalue weighted by molar-refractivity contribution is 6.74. The number of aliphatic hydroxyl groups excluding tert-OH is 1. The third-order valence-electron chi connectivity index (χ3n) is 4.85. The maximum atomic E-state index is 9.87. The summed E-state index contributed by atoms with van der Waals surface area (Å²) in [5.41, 5.74) is 0. The fourth-order valence-electron chi connectivity index (χ4n) is 2.44. The van der Waals surface area contributed by atoms with Gasteiger partial charge in [0.05, 0.1) is 18.3 Å². The van der Waals surface area contributed by atoms with E-state index in [-0.39, 0.29) is 23.4 Å². The van der Waals surface area contributed by atoms with Gasteiger partial charge in [0.2, 0.25) is 0 Å². The molecule has 0 amide bonds. The van der Waals surface area contributed by atoms with Gasteiger partial charge in [0, 0.05) is 6.61 Å². The summed E-state index contributed by atoms with van der Waals surface area (Å²) in [6.45, 7) is 15.9. The van der Waals surface area contributed by atoms with Crippen LogP contribution in [0, 0.1) is 0 Å². The van der Waals surface area contributed by atoms with E-state index in [1.165, 1.54) is 0 Å². The molecule has 0 aromatic heterocycles. The van der Waals surface area contributed by atoms with Crippen molar-refractivity contribution in [1.29, 1.82) is 0 Å². The molecule has 1 N–H and O–H groups in total. The highest BCUT2D eigenvalue weighted by atomic mass is 28.4. The maximum Gasteiger partial charge on any atom is 0.192 e. The van der Waals surface area contributed by atoms with Crippen molar-refractivity contribution in [2.45, 2.75) is 89.3 Å². The van der Waals surface area contributed by atoms with E-state index >= 15 is 0 Å². The van der Waals surface area contributed by atoms with E-state index < -0.39 is 8.32 Å². The Kier molecular flexibility index (Phi) is 7.11. The average Bonchev–Trinajstić information content (AvgIpc) is 2.36. The van der Waals surface area contributed by atoms with E-state index in [0.717, 1.165) is 32.3 Å². The van der Waals surface area contributed by atoms with Gasteiger partial charge in [-0.1, -0.05) is 26.8 Å². The lowest BCUT2D eigenvalue weighted by Gasteiger charge is -2.43.